The lowest BCUT2D eigenvalue weighted by Crippen LogP contribution is -2.03. The zero-order chi connectivity index (χ0) is 11.5. The molecule has 1 aromatic carbocycles. The molecule has 1 rings (SSSR count). The average molecular weight is 235 g/mol. The fraction of sp³-hybridized carbons (Fsp3) is 0.100. The molecule has 0 saturated carbocycles. The smallest absolute Gasteiger partial charge is 0.289 e. The van der Waals surface area contributed by atoms with E-state index in [9.17, 15) is 18.0 Å². The lowest BCUT2D eigenvalue weighted by molar-refractivity contribution is -0.0799. The van der Waals surface area contributed by atoms with E-state index in [1.165, 1.54) is 24.3 Å². The molecule has 0 N–H and O–H groups in total. The highest BCUT2D eigenvalue weighted by atomic mass is 35.5. The van der Waals surface area contributed by atoms with Gasteiger partial charge in [0.05, 0.1) is 0 Å². The van der Waals surface area contributed by atoms with E-state index in [0.717, 1.165) is 0 Å². The summed E-state index contributed by atoms with van der Waals surface area (Å²) >= 11 is 5.58. The van der Waals surface area contributed by atoms with Crippen LogP contribution in [-0.2, 0) is 0 Å². The molecule has 5 heteroatoms. The highest BCUT2D eigenvalue weighted by Gasteiger charge is 2.22. The van der Waals surface area contributed by atoms with Gasteiger partial charge in [0.15, 0.2) is 5.78 Å². The summed E-state index contributed by atoms with van der Waals surface area (Å²) in [6.07, 6.45) is -4.10. The zero-order valence-electron chi connectivity index (χ0n) is 7.38. The molecule has 1 nitrogen and oxygen atoms in total. The third kappa shape index (κ3) is 4.16. The third-order valence-electron chi connectivity index (χ3n) is 1.53. The van der Waals surface area contributed by atoms with E-state index in [-0.39, 0.29) is 11.6 Å². The van der Waals surface area contributed by atoms with E-state index in [0.29, 0.717) is 11.1 Å². The molecular formula is C10H6ClF3O. The number of rotatable bonds is 2. The molecule has 0 fully saturated rings. The Morgan fingerprint density at radius 1 is 1.33 bits per heavy atom. The largest absolute Gasteiger partial charge is 0.409 e. The van der Waals surface area contributed by atoms with Crippen molar-refractivity contribution in [1.29, 1.82) is 0 Å². The molecule has 0 radical (unpaired) electrons. The number of hydrogen-bond acceptors (Lipinski definition) is 1. The number of carbonyl (C=O) groups is 1. The van der Waals surface area contributed by atoms with Crippen LogP contribution in [0.4, 0.5) is 13.2 Å². The zero-order valence-corrected chi connectivity index (χ0v) is 8.14. The molecular weight excluding hydrogens is 229 g/mol. The van der Waals surface area contributed by atoms with Gasteiger partial charge in [0.25, 0.3) is 0 Å². The Labute approximate surface area is 89.2 Å². The summed E-state index contributed by atoms with van der Waals surface area (Å²) < 4.78 is 35.2. The van der Waals surface area contributed by atoms with Gasteiger partial charge in [-0.3, -0.25) is 4.79 Å². The molecule has 0 amide bonds. The predicted molar refractivity (Wildman–Crippen MR) is 51.0 cm³/mol. The van der Waals surface area contributed by atoms with Crippen LogP contribution in [0, 0.1) is 0 Å². The highest BCUT2D eigenvalue weighted by Crippen LogP contribution is 2.17. The Morgan fingerprint density at radius 3 is 2.53 bits per heavy atom. The molecule has 0 aliphatic rings. The van der Waals surface area contributed by atoms with Gasteiger partial charge >= 0.3 is 6.18 Å². The molecule has 0 spiro atoms. The van der Waals surface area contributed by atoms with Gasteiger partial charge in [0.1, 0.15) is 0 Å². The molecule has 0 heterocycles. The minimum absolute atomic E-state index is 0.101. The summed E-state index contributed by atoms with van der Waals surface area (Å²) in [5.41, 5.74) is 0.128. The van der Waals surface area contributed by atoms with Gasteiger partial charge in [-0.25, -0.2) is 0 Å². The second-order valence-electron chi connectivity index (χ2n) is 2.75. The van der Waals surface area contributed by atoms with Crippen LogP contribution >= 0.6 is 11.6 Å². The molecule has 0 saturated heterocycles. The summed E-state index contributed by atoms with van der Waals surface area (Å²) in [5, 5.41) is 0.307. The normalized spacial score (nSPS) is 12.0. The van der Waals surface area contributed by atoms with Crippen LogP contribution in [0.1, 0.15) is 10.4 Å². The van der Waals surface area contributed by atoms with Crippen LogP contribution < -0.4 is 0 Å². The van der Waals surface area contributed by atoms with Crippen molar-refractivity contribution < 1.29 is 18.0 Å². The molecule has 0 aliphatic carbocycles. The van der Waals surface area contributed by atoms with Crippen LogP contribution in [-0.4, -0.2) is 12.0 Å². The van der Waals surface area contributed by atoms with Crippen molar-refractivity contribution in [3.05, 3.63) is 47.0 Å². The van der Waals surface area contributed by atoms with Crippen molar-refractivity contribution in [3.63, 3.8) is 0 Å². The topological polar surface area (TPSA) is 17.1 Å². The second kappa shape index (κ2) is 4.49. The molecule has 0 atom stereocenters. The van der Waals surface area contributed by atoms with Crippen molar-refractivity contribution >= 4 is 17.4 Å². The number of carbonyl (C=O) groups excluding carboxylic acids is 1. The van der Waals surface area contributed by atoms with E-state index >= 15 is 0 Å². The van der Waals surface area contributed by atoms with Crippen LogP contribution in [0.5, 0.6) is 0 Å². The number of halogens is 4. The van der Waals surface area contributed by atoms with E-state index in [1.54, 1.807) is 0 Å². The molecule has 0 aromatic heterocycles. The first-order valence-corrected chi connectivity index (χ1v) is 4.32. The van der Waals surface area contributed by atoms with Gasteiger partial charge in [-0.2, -0.15) is 13.2 Å². The van der Waals surface area contributed by atoms with Crippen molar-refractivity contribution in [2.24, 2.45) is 0 Å². The maximum atomic E-state index is 11.7. The molecule has 15 heavy (non-hydrogen) atoms. The first-order chi connectivity index (χ1) is 6.88. The standard InChI is InChI=1S/C10H6ClF3O/c11-8-3-1-2-7(6-8)9(15)4-5-10(12,13)14/h1-6H/b5-4+. The Morgan fingerprint density at radius 2 is 2.00 bits per heavy atom. The van der Waals surface area contributed by atoms with Crippen molar-refractivity contribution in [3.8, 4) is 0 Å². The monoisotopic (exact) mass is 234 g/mol. The summed E-state index contributed by atoms with van der Waals surface area (Å²) in [5.74, 6) is -0.727. The van der Waals surface area contributed by atoms with E-state index in [1.807, 2.05) is 0 Å². The number of alkyl halides is 3. The van der Waals surface area contributed by atoms with Crippen LogP contribution in [0.2, 0.25) is 5.02 Å². The third-order valence-corrected chi connectivity index (χ3v) is 1.77. The lowest BCUT2D eigenvalue weighted by Gasteiger charge is -1.98. The van der Waals surface area contributed by atoms with Gasteiger partial charge in [0, 0.05) is 16.7 Å². The molecule has 1 aromatic rings. The van der Waals surface area contributed by atoms with Crippen molar-refractivity contribution in [2.45, 2.75) is 6.18 Å². The van der Waals surface area contributed by atoms with Gasteiger partial charge < -0.3 is 0 Å². The Kier molecular flexibility index (Phi) is 3.52. The number of ketones is 1. The lowest BCUT2D eigenvalue weighted by atomic mass is 10.1. The Hall–Kier alpha value is -1.29. The summed E-state index contributed by atoms with van der Waals surface area (Å²) in [6.45, 7) is 0. The van der Waals surface area contributed by atoms with Crippen molar-refractivity contribution in [1.82, 2.24) is 0 Å². The Bertz CT molecular complexity index is 396. The van der Waals surface area contributed by atoms with Gasteiger partial charge in [-0.05, 0) is 18.2 Å². The Balaban J connectivity index is 2.83. The van der Waals surface area contributed by atoms with Gasteiger partial charge in [-0.1, -0.05) is 23.7 Å². The summed E-state index contributed by atoms with van der Waals surface area (Å²) in [7, 11) is 0. The molecule has 0 bridgehead atoms. The minimum Gasteiger partial charge on any atom is -0.289 e. The minimum atomic E-state index is -4.48. The van der Waals surface area contributed by atoms with E-state index in [2.05, 4.69) is 0 Å². The molecule has 80 valence electrons. The number of benzene rings is 1. The fourth-order valence-electron chi connectivity index (χ4n) is 0.908. The summed E-state index contributed by atoms with van der Waals surface area (Å²) in [6, 6.07) is 5.74. The SMILES string of the molecule is O=C(/C=C/C(F)(F)F)c1cccc(Cl)c1. The van der Waals surface area contributed by atoms with E-state index in [4.69, 9.17) is 11.6 Å². The van der Waals surface area contributed by atoms with E-state index < -0.39 is 12.0 Å². The number of hydrogen-bond donors (Lipinski definition) is 0. The van der Waals surface area contributed by atoms with Crippen LogP contribution in [0.3, 0.4) is 0 Å². The molecule has 0 unspecified atom stereocenters. The van der Waals surface area contributed by atoms with Gasteiger partial charge in [-0.15, -0.1) is 0 Å². The quantitative estimate of drug-likeness (QED) is 0.564. The maximum absolute atomic E-state index is 11.7. The maximum Gasteiger partial charge on any atom is 0.409 e. The first-order valence-electron chi connectivity index (χ1n) is 3.94. The van der Waals surface area contributed by atoms with Crippen molar-refractivity contribution in [2.75, 3.05) is 0 Å². The predicted octanol–water partition coefficient (Wildman–Crippen LogP) is 3.64. The molecule has 0 aliphatic heterocycles. The second-order valence-corrected chi connectivity index (χ2v) is 3.19. The average Bonchev–Trinajstić information content (AvgIpc) is 2.13. The fourth-order valence-corrected chi connectivity index (χ4v) is 1.10. The summed E-state index contributed by atoms with van der Waals surface area (Å²) in [4.78, 5) is 11.2. The first kappa shape index (κ1) is 11.8. The van der Waals surface area contributed by atoms with Crippen LogP contribution in [0.15, 0.2) is 36.4 Å². The highest BCUT2D eigenvalue weighted by molar-refractivity contribution is 6.31. The number of allylic oxidation sites excluding steroid dienone is 2. The van der Waals surface area contributed by atoms with Crippen LogP contribution in [0.25, 0.3) is 0 Å². The van der Waals surface area contributed by atoms with Gasteiger partial charge in [0.2, 0.25) is 0 Å².